The first-order valence-corrected chi connectivity index (χ1v) is 4.55. The third kappa shape index (κ3) is 1.58. The monoisotopic (exact) mass is 192 g/mol. The van der Waals surface area contributed by atoms with Gasteiger partial charge in [0.15, 0.2) is 0 Å². The molecule has 1 fully saturated rings. The Morgan fingerprint density at radius 2 is 2.43 bits per heavy atom. The van der Waals surface area contributed by atoms with Crippen LogP contribution < -0.4 is 11.1 Å². The van der Waals surface area contributed by atoms with Crippen molar-refractivity contribution in [3.8, 4) is 0 Å². The summed E-state index contributed by atoms with van der Waals surface area (Å²) in [7, 11) is 0. The second-order valence-electron chi connectivity index (χ2n) is 3.41. The number of nitrogens with one attached hydrogen (secondary N) is 1. The smallest absolute Gasteiger partial charge is 0.222 e. The summed E-state index contributed by atoms with van der Waals surface area (Å²) in [4.78, 5) is 19.1. The van der Waals surface area contributed by atoms with E-state index >= 15 is 0 Å². The molecule has 2 atom stereocenters. The zero-order chi connectivity index (χ0) is 9.97. The molecule has 14 heavy (non-hydrogen) atoms. The first kappa shape index (κ1) is 9.08. The maximum absolute atomic E-state index is 11.1. The van der Waals surface area contributed by atoms with Crippen LogP contribution in [0.5, 0.6) is 0 Å². The lowest BCUT2D eigenvalue weighted by Crippen LogP contribution is -2.28. The van der Waals surface area contributed by atoms with Crippen molar-refractivity contribution in [2.75, 3.05) is 13.1 Å². The SMILES string of the molecule is NC(=O)C1CNCC1c1ccncn1. The summed E-state index contributed by atoms with van der Waals surface area (Å²) in [5.74, 6) is -0.320. The molecule has 0 saturated carbocycles. The van der Waals surface area contributed by atoms with Crippen LogP contribution in [0, 0.1) is 5.92 Å². The molecule has 1 aromatic rings. The number of carbonyl (C=O) groups excluding carboxylic acids is 1. The molecule has 3 N–H and O–H groups in total. The van der Waals surface area contributed by atoms with E-state index in [4.69, 9.17) is 5.73 Å². The Kier molecular flexibility index (Phi) is 2.41. The normalized spacial score (nSPS) is 26.3. The predicted molar refractivity (Wildman–Crippen MR) is 50.3 cm³/mol. The molecule has 1 aromatic heterocycles. The number of aromatic nitrogens is 2. The van der Waals surface area contributed by atoms with Crippen LogP contribution in [0.15, 0.2) is 18.6 Å². The van der Waals surface area contributed by atoms with Crippen molar-refractivity contribution in [2.24, 2.45) is 11.7 Å². The van der Waals surface area contributed by atoms with E-state index in [1.54, 1.807) is 6.20 Å². The number of carbonyl (C=O) groups is 1. The molecule has 1 saturated heterocycles. The topological polar surface area (TPSA) is 80.9 Å². The molecule has 2 rings (SSSR count). The van der Waals surface area contributed by atoms with Crippen LogP contribution in [-0.2, 0) is 4.79 Å². The van der Waals surface area contributed by atoms with Gasteiger partial charge in [-0.2, -0.15) is 0 Å². The standard InChI is InChI=1S/C9H12N4O/c10-9(14)7-4-12-3-6(7)8-1-2-11-5-13-8/h1-2,5-7,12H,3-4H2,(H2,10,14). The van der Waals surface area contributed by atoms with Gasteiger partial charge < -0.3 is 11.1 Å². The van der Waals surface area contributed by atoms with Gasteiger partial charge in [0.25, 0.3) is 0 Å². The summed E-state index contributed by atoms with van der Waals surface area (Å²) in [6.45, 7) is 1.40. The number of hydrogen-bond donors (Lipinski definition) is 2. The Hall–Kier alpha value is -1.49. The lowest BCUT2D eigenvalue weighted by Gasteiger charge is -2.13. The quantitative estimate of drug-likeness (QED) is 0.647. The Labute approximate surface area is 81.7 Å². The van der Waals surface area contributed by atoms with Crippen LogP contribution >= 0.6 is 0 Å². The van der Waals surface area contributed by atoms with Gasteiger partial charge >= 0.3 is 0 Å². The van der Waals surface area contributed by atoms with Crippen LogP contribution in [0.2, 0.25) is 0 Å². The van der Waals surface area contributed by atoms with Crippen molar-refractivity contribution in [3.63, 3.8) is 0 Å². The fourth-order valence-corrected chi connectivity index (χ4v) is 1.81. The van der Waals surface area contributed by atoms with Crippen molar-refractivity contribution >= 4 is 5.91 Å². The van der Waals surface area contributed by atoms with E-state index in [1.165, 1.54) is 6.33 Å². The number of hydrogen-bond acceptors (Lipinski definition) is 4. The van der Waals surface area contributed by atoms with Crippen LogP contribution in [0.25, 0.3) is 0 Å². The van der Waals surface area contributed by atoms with E-state index in [0.29, 0.717) is 6.54 Å². The van der Waals surface area contributed by atoms with E-state index in [-0.39, 0.29) is 17.7 Å². The largest absolute Gasteiger partial charge is 0.369 e. The summed E-state index contributed by atoms with van der Waals surface area (Å²) in [5, 5.41) is 3.14. The summed E-state index contributed by atoms with van der Waals surface area (Å²) in [5.41, 5.74) is 6.19. The first-order valence-electron chi connectivity index (χ1n) is 4.55. The molecule has 5 heteroatoms. The van der Waals surface area contributed by atoms with E-state index in [2.05, 4.69) is 15.3 Å². The fraction of sp³-hybridized carbons (Fsp3) is 0.444. The summed E-state index contributed by atoms with van der Waals surface area (Å²) in [6.07, 6.45) is 3.17. The van der Waals surface area contributed by atoms with E-state index in [0.717, 1.165) is 12.2 Å². The molecule has 0 bridgehead atoms. The van der Waals surface area contributed by atoms with Gasteiger partial charge in [-0.05, 0) is 6.07 Å². The number of nitrogens with two attached hydrogens (primary N) is 1. The molecule has 1 aliphatic rings. The molecule has 74 valence electrons. The Morgan fingerprint density at radius 1 is 1.57 bits per heavy atom. The highest BCUT2D eigenvalue weighted by molar-refractivity contribution is 5.78. The number of amides is 1. The van der Waals surface area contributed by atoms with Crippen molar-refractivity contribution in [2.45, 2.75) is 5.92 Å². The average Bonchev–Trinajstić information content (AvgIpc) is 2.67. The molecule has 1 aliphatic heterocycles. The van der Waals surface area contributed by atoms with E-state index in [9.17, 15) is 4.79 Å². The fourth-order valence-electron chi connectivity index (χ4n) is 1.81. The Morgan fingerprint density at radius 3 is 3.07 bits per heavy atom. The minimum Gasteiger partial charge on any atom is -0.369 e. The van der Waals surface area contributed by atoms with Gasteiger partial charge in [0.2, 0.25) is 5.91 Å². The molecular weight excluding hydrogens is 180 g/mol. The number of primary amides is 1. The minimum absolute atomic E-state index is 0.0931. The van der Waals surface area contributed by atoms with Gasteiger partial charge in [0.05, 0.1) is 5.92 Å². The molecule has 2 heterocycles. The molecule has 1 amide bonds. The lowest BCUT2D eigenvalue weighted by atomic mass is 9.92. The van der Waals surface area contributed by atoms with Gasteiger partial charge in [-0.25, -0.2) is 9.97 Å². The second kappa shape index (κ2) is 3.71. The molecular formula is C9H12N4O. The lowest BCUT2D eigenvalue weighted by molar-refractivity contribution is -0.121. The highest BCUT2D eigenvalue weighted by Gasteiger charge is 2.33. The average molecular weight is 192 g/mol. The minimum atomic E-state index is -0.265. The van der Waals surface area contributed by atoms with Gasteiger partial charge in [-0.15, -0.1) is 0 Å². The molecule has 5 nitrogen and oxygen atoms in total. The Bertz CT molecular complexity index is 327. The van der Waals surface area contributed by atoms with Gasteiger partial charge in [-0.1, -0.05) is 0 Å². The second-order valence-corrected chi connectivity index (χ2v) is 3.41. The molecule has 0 spiro atoms. The van der Waals surface area contributed by atoms with Gasteiger partial charge in [0, 0.05) is 30.9 Å². The zero-order valence-electron chi connectivity index (χ0n) is 7.68. The Balaban J connectivity index is 2.22. The third-order valence-corrected chi connectivity index (χ3v) is 2.56. The van der Waals surface area contributed by atoms with Crippen LogP contribution in [-0.4, -0.2) is 29.0 Å². The molecule has 2 unspecified atom stereocenters. The van der Waals surface area contributed by atoms with Crippen LogP contribution in [0.3, 0.4) is 0 Å². The van der Waals surface area contributed by atoms with Crippen molar-refractivity contribution in [3.05, 3.63) is 24.3 Å². The summed E-state index contributed by atoms with van der Waals surface area (Å²) in [6, 6.07) is 1.83. The van der Waals surface area contributed by atoms with Crippen LogP contribution in [0.4, 0.5) is 0 Å². The maximum atomic E-state index is 11.1. The van der Waals surface area contributed by atoms with E-state index in [1.807, 2.05) is 6.07 Å². The van der Waals surface area contributed by atoms with E-state index < -0.39 is 0 Å². The van der Waals surface area contributed by atoms with Crippen LogP contribution in [0.1, 0.15) is 11.6 Å². The van der Waals surface area contributed by atoms with Crippen molar-refractivity contribution < 1.29 is 4.79 Å². The third-order valence-electron chi connectivity index (χ3n) is 2.56. The number of nitrogens with zero attached hydrogens (tertiary/aromatic N) is 2. The summed E-state index contributed by atoms with van der Waals surface area (Å²) < 4.78 is 0. The highest BCUT2D eigenvalue weighted by atomic mass is 16.1. The first-order chi connectivity index (χ1) is 6.79. The highest BCUT2D eigenvalue weighted by Crippen LogP contribution is 2.25. The molecule has 0 radical (unpaired) electrons. The zero-order valence-corrected chi connectivity index (χ0v) is 7.68. The predicted octanol–water partition coefficient (Wildman–Crippen LogP) is -0.735. The molecule has 0 aliphatic carbocycles. The maximum Gasteiger partial charge on any atom is 0.222 e. The van der Waals surface area contributed by atoms with Crippen molar-refractivity contribution in [1.29, 1.82) is 0 Å². The van der Waals surface area contributed by atoms with Crippen molar-refractivity contribution in [1.82, 2.24) is 15.3 Å². The van der Waals surface area contributed by atoms with Gasteiger partial charge in [0.1, 0.15) is 6.33 Å². The van der Waals surface area contributed by atoms with Gasteiger partial charge in [-0.3, -0.25) is 4.79 Å². The summed E-state index contributed by atoms with van der Waals surface area (Å²) >= 11 is 0. The molecule has 0 aromatic carbocycles. The number of rotatable bonds is 2.